The third kappa shape index (κ3) is 14.5. The molecule has 1 aliphatic rings. The number of carbonyl (C=O) groups is 6. The second-order valence-electron chi connectivity index (χ2n) is 14.6. The molecule has 0 bridgehead atoms. The first-order chi connectivity index (χ1) is 29.1. The fourth-order valence-corrected chi connectivity index (χ4v) is 6.86. The summed E-state index contributed by atoms with van der Waals surface area (Å²) in [6, 6.07) is 37.6. The number of ether oxygens (including phenoxy) is 2. The van der Waals surface area contributed by atoms with E-state index in [0.717, 1.165) is 22.3 Å². The lowest BCUT2D eigenvalue weighted by Gasteiger charge is -2.33. The van der Waals surface area contributed by atoms with Gasteiger partial charge in [0.2, 0.25) is 23.6 Å². The second kappa shape index (κ2) is 23.3. The van der Waals surface area contributed by atoms with E-state index in [0.29, 0.717) is 0 Å². The van der Waals surface area contributed by atoms with E-state index in [1.165, 1.54) is 24.0 Å². The molecule has 14 heteroatoms. The lowest BCUT2D eigenvalue weighted by atomic mass is 10.2. The number of amides is 4. The van der Waals surface area contributed by atoms with Crippen LogP contribution in [-0.2, 0) is 64.4 Å². The van der Waals surface area contributed by atoms with Crippen LogP contribution < -0.4 is 0 Å². The predicted octanol–water partition coefficient (Wildman–Crippen LogP) is 3.07. The van der Waals surface area contributed by atoms with Gasteiger partial charge < -0.3 is 29.1 Å². The molecule has 0 aliphatic carbocycles. The predicted molar refractivity (Wildman–Crippen MR) is 224 cm³/mol. The average molecular weight is 819 g/mol. The summed E-state index contributed by atoms with van der Waals surface area (Å²) in [5.74, 6) is -2.65. The molecule has 4 aromatic rings. The van der Waals surface area contributed by atoms with Crippen LogP contribution in [-0.4, -0.2) is 145 Å². The first-order valence-corrected chi connectivity index (χ1v) is 19.9. The molecular weight excluding hydrogens is 765 g/mol. The highest BCUT2D eigenvalue weighted by Gasteiger charge is 2.29. The summed E-state index contributed by atoms with van der Waals surface area (Å²) in [4.78, 5) is 92.4. The van der Waals surface area contributed by atoms with Crippen LogP contribution in [0.25, 0.3) is 0 Å². The number of esters is 2. The van der Waals surface area contributed by atoms with Gasteiger partial charge in [-0.2, -0.15) is 0 Å². The number of benzene rings is 4. The van der Waals surface area contributed by atoms with Crippen molar-refractivity contribution in [2.75, 3.05) is 79.7 Å². The van der Waals surface area contributed by atoms with E-state index in [-0.39, 0.29) is 115 Å². The van der Waals surface area contributed by atoms with Gasteiger partial charge >= 0.3 is 11.9 Å². The Hall–Kier alpha value is -6.38. The zero-order valence-corrected chi connectivity index (χ0v) is 34.4. The minimum atomic E-state index is -0.613. The molecule has 4 aromatic carbocycles. The summed E-state index contributed by atoms with van der Waals surface area (Å²) in [6.45, 7) is -0.562. The van der Waals surface area contributed by atoms with Gasteiger partial charge in [0.05, 0.1) is 53.5 Å². The first kappa shape index (κ1) is 44.7. The Bertz CT molecular complexity index is 1730. The van der Waals surface area contributed by atoms with E-state index < -0.39 is 11.9 Å². The Morgan fingerprint density at radius 3 is 0.817 bits per heavy atom. The quantitative estimate of drug-likeness (QED) is 0.196. The van der Waals surface area contributed by atoms with Gasteiger partial charge in [-0.1, -0.05) is 121 Å². The molecular formula is C46H54N6O8. The molecule has 316 valence electrons. The summed E-state index contributed by atoms with van der Waals surface area (Å²) >= 11 is 0. The summed E-state index contributed by atoms with van der Waals surface area (Å²) in [5, 5.41) is 0. The lowest BCUT2D eigenvalue weighted by Crippen LogP contribution is -2.51. The molecule has 60 heavy (non-hydrogen) atoms. The summed E-state index contributed by atoms with van der Waals surface area (Å²) in [6.07, 6.45) is 0. The molecule has 0 atom stereocenters. The maximum Gasteiger partial charge on any atom is 0.319 e. The molecule has 4 amide bonds. The largest absolute Gasteiger partial charge is 0.468 e. The van der Waals surface area contributed by atoms with Crippen LogP contribution in [0, 0.1) is 0 Å². The van der Waals surface area contributed by atoms with E-state index in [1.807, 2.05) is 121 Å². The number of rotatable bonds is 12. The van der Waals surface area contributed by atoms with Crippen LogP contribution in [0.15, 0.2) is 121 Å². The van der Waals surface area contributed by atoms with Crippen LogP contribution in [0.2, 0.25) is 0 Å². The van der Waals surface area contributed by atoms with Crippen molar-refractivity contribution in [2.45, 2.75) is 26.2 Å². The Balaban J connectivity index is 1.55. The standard InChI is InChI=1S/C46H54N6O8/c1-59-45(57)35-47-31-41(53)49(27-37-15-7-3-8-16-37)23-25-51(29-39-19-11-5-12-20-39)43(55)33-48(36-46(58)60-2)34-44(56)52(30-40-21-13-6-14-22-40)26-24-50(42(54)32-47)28-38-17-9-4-10-18-38/h3-22H,23-36H2,1-2H3. The molecule has 0 N–H and O–H groups in total. The van der Waals surface area contributed by atoms with E-state index >= 15 is 0 Å². The zero-order valence-electron chi connectivity index (χ0n) is 34.4. The van der Waals surface area contributed by atoms with Gasteiger partial charge in [-0.05, 0) is 22.3 Å². The van der Waals surface area contributed by atoms with Crippen molar-refractivity contribution >= 4 is 35.6 Å². The zero-order chi connectivity index (χ0) is 42.7. The maximum absolute atomic E-state index is 14.4. The Morgan fingerprint density at radius 2 is 0.617 bits per heavy atom. The van der Waals surface area contributed by atoms with Crippen molar-refractivity contribution in [1.82, 2.24) is 29.4 Å². The van der Waals surface area contributed by atoms with E-state index in [2.05, 4.69) is 0 Å². The van der Waals surface area contributed by atoms with Crippen molar-refractivity contribution < 1.29 is 38.2 Å². The molecule has 1 heterocycles. The summed E-state index contributed by atoms with van der Waals surface area (Å²) < 4.78 is 9.97. The Kier molecular flexibility index (Phi) is 17.3. The van der Waals surface area contributed by atoms with Gasteiger partial charge in [-0.15, -0.1) is 0 Å². The number of hydrogen-bond donors (Lipinski definition) is 0. The molecule has 1 fully saturated rings. The fraction of sp³-hybridized carbons (Fsp3) is 0.348. The van der Waals surface area contributed by atoms with Crippen molar-refractivity contribution in [1.29, 1.82) is 0 Å². The molecule has 0 saturated carbocycles. The highest BCUT2D eigenvalue weighted by Crippen LogP contribution is 2.14. The van der Waals surface area contributed by atoms with Crippen LogP contribution in [0.3, 0.4) is 0 Å². The van der Waals surface area contributed by atoms with Crippen molar-refractivity contribution in [3.63, 3.8) is 0 Å². The smallest absolute Gasteiger partial charge is 0.319 e. The van der Waals surface area contributed by atoms with Crippen LogP contribution >= 0.6 is 0 Å². The van der Waals surface area contributed by atoms with Gasteiger partial charge in [0.1, 0.15) is 0 Å². The third-order valence-electron chi connectivity index (χ3n) is 10.2. The molecule has 1 saturated heterocycles. The first-order valence-electron chi connectivity index (χ1n) is 19.9. The number of nitrogens with zero attached hydrogens (tertiary/aromatic N) is 6. The summed E-state index contributed by atoms with van der Waals surface area (Å²) in [7, 11) is 2.50. The molecule has 0 unspecified atom stereocenters. The lowest BCUT2D eigenvalue weighted by molar-refractivity contribution is -0.148. The van der Waals surface area contributed by atoms with E-state index in [1.54, 1.807) is 19.6 Å². The number of methoxy groups -OCH3 is 2. The highest BCUT2D eigenvalue weighted by molar-refractivity contribution is 5.84. The molecule has 0 aromatic heterocycles. The van der Waals surface area contributed by atoms with Gasteiger partial charge in [0, 0.05) is 52.4 Å². The van der Waals surface area contributed by atoms with Gasteiger partial charge in [0.15, 0.2) is 0 Å². The second-order valence-corrected chi connectivity index (χ2v) is 14.6. The normalized spacial score (nSPS) is 16.0. The number of hydrogen-bond acceptors (Lipinski definition) is 10. The van der Waals surface area contributed by atoms with Crippen LogP contribution in [0.4, 0.5) is 0 Å². The highest BCUT2D eigenvalue weighted by atomic mass is 16.5. The van der Waals surface area contributed by atoms with Gasteiger partial charge in [-0.3, -0.25) is 38.6 Å². The Labute approximate surface area is 351 Å². The fourth-order valence-electron chi connectivity index (χ4n) is 6.86. The average Bonchev–Trinajstić information content (AvgIpc) is 3.26. The van der Waals surface area contributed by atoms with Crippen LogP contribution in [0.5, 0.6) is 0 Å². The summed E-state index contributed by atoms with van der Waals surface area (Å²) in [5.41, 5.74) is 3.39. The maximum atomic E-state index is 14.4. The molecule has 5 rings (SSSR count). The van der Waals surface area contributed by atoms with E-state index in [9.17, 15) is 28.8 Å². The monoisotopic (exact) mass is 818 g/mol. The van der Waals surface area contributed by atoms with Gasteiger partial charge in [-0.25, -0.2) is 0 Å². The van der Waals surface area contributed by atoms with Crippen molar-refractivity contribution in [3.05, 3.63) is 144 Å². The minimum absolute atomic E-state index is 0.104. The molecule has 1 aliphatic heterocycles. The molecule has 14 nitrogen and oxygen atoms in total. The van der Waals surface area contributed by atoms with Crippen molar-refractivity contribution in [3.8, 4) is 0 Å². The minimum Gasteiger partial charge on any atom is -0.468 e. The third-order valence-corrected chi connectivity index (χ3v) is 10.2. The Morgan fingerprint density at radius 1 is 0.400 bits per heavy atom. The van der Waals surface area contributed by atoms with Gasteiger partial charge in [0.25, 0.3) is 0 Å². The number of carbonyl (C=O) groups excluding carboxylic acids is 6. The van der Waals surface area contributed by atoms with Crippen LogP contribution in [0.1, 0.15) is 22.3 Å². The molecule has 0 spiro atoms. The van der Waals surface area contributed by atoms with Crippen molar-refractivity contribution in [2.24, 2.45) is 0 Å². The topological polar surface area (TPSA) is 140 Å². The van der Waals surface area contributed by atoms with E-state index in [4.69, 9.17) is 9.47 Å². The molecule has 0 radical (unpaired) electrons. The SMILES string of the molecule is COC(=O)CN1CC(=O)N(Cc2ccccc2)CCN(Cc2ccccc2)C(=O)CN(CC(=O)OC)CC(=O)N(Cc2ccccc2)CCN(Cc2ccccc2)C(=O)C1.